The number of ether oxygens (including phenoxy) is 2. The first-order valence-corrected chi connectivity index (χ1v) is 5.12. The molecule has 0 amide bonds. The van der Waals surface area contributed by atoms with Gasteiger partial charge >= 0.3 is 0 Å². The molecule has 0 spiro atoms. The summed E-state index contributed by atoms with van der Waals surface area (Å²) in [6, 6.07) is 7.39. The van der Waals surface area contributed by atoms with Crippen molar-refractivity contribution >= 4 is 0 Å². The third kappa shape index (κ3) is 3.22. The highest BCUT2D eigenvalue weighted by molar-refractivity contribution is 5.30. The Morgan fingerprint density at radius 1 is 1.40 bits per heavy atom. The molecule has 0 radical (unpaired) electrons. The maximum Gasteiger partial charge on any atom is 0.119 e. The smallest absolute Gasteiger partial charge is 0.119 e. The van der Waals surface area contributed by atoms with Gasteiger partial charge in [0.05, 0.1) is 13.2 Å². The number of aliphatic hydroxyl groups excluding tert-OH is 1. The second-order valence-corrected chi connectivity index (χ2v) is 3.38. The van der Waals surface area contributed by atoms with Crippen molar-refractivity contribution in [2.45, 2.75) is 26.1 Å². The second kappa shape index (κ2) is 5.73. The van der Waals surface area contributed by atoms with Gasteiger partial charge in [0.1, 0.15) is 11.9 Å². The minimum atomic E-state index is -0.611. The highest BCUT2D eigenvalue weighted by Gasteiger charge is 2.16. The molecule has 15 heavy (non-hydrogen) atoms. The van der Waals surface area contributed by atoms with E-state index in [-0.39, 0.29) is 6.10 Å². The van der Waals surface area contributed by atoms with E-state index in [9.17, 15) is 5.11 Å². The van der Waals surface area contributed by atoms with Crippen molar-refractivity contribution in [2.24, 2.45) is 0 Å². The molecule has 0 bridgehead atoms. The van der Waals surface area contributed by atoms with Crippen LogP contribution in [-0.4, -0.2) is 24.9 Å². The summed E-state index contributed by atoms with van der Waals surface area (Å²) in [5.74, 6) is 0.746. The van der Waals surface area contributed by atoms with E-state index in [1.807, 2.05) is 38.1 Å². The molecule has 0 aromatic heterocycles. The van der Waals surface area contributed by atoms with Crippen LogP contribution in [0.2, 0.25) is 0 Å². The molecule has 0 saturated carbocycles. The van der Waals surface area contributed by atoms with Gasteiger partial charge in [-0.05, 0) is 31.5 Å². The van der Waals surface area contributed by atoms with Crippen molar-refractivity contribution in [3.05, 3.63) is 29.8 Å². The van der Waals surface area contributed by atoms with Crippen LogP contribution in [0.3, 0.4) is 0 Å². The molecule has 1 rings (SSSR count). The third-order valence-corrected chi connectivity index (χ3v) is 2.31. The summed E-state index contributed by atoms with van der Waals surface area (Å²) in [4.78, 5) is 0. The van der Waals surface area contributed by atoms with E-state index in [0.717, 1.165) is 11.3 Å². The van der Waals surface area contributed by atoms with E-state index in [2.05, 4.69) is 0 Å². The van der Waals surface area contributed by atoms with Crippen molar-refractivity contribution in [3.63, 3.8) is 0 Å². The standard InChI is InChI=1S/C12H18O3/c1-4-15-9(2)12(13)10-6-5-7-11(8-10)14-3/h5-9,12-13H,4H2,1-3H3. The van der Waals surface area contributed by atoms with Gasteiger partial charge in [-0.3, -0.25) is 0 Å². The van der Waals surface area contributed by atoms with Crippen molar-refractivity contribution in [1.82, 2.24) is 0 Å². The van der Waals surface area contributed by atoms with E-state index in [1.54, 1.807) is 7.11 Å². The van der Waals surface area contributed by atoms with Gasteiger partial charge in [0.2, 0.25) is 0 Å². The lowest BCUT2D eigenvalue weighted by atomic mass is 10.1. The number of benzene rings is 1. The lowest BCUT2D eigenvalue weighted by Gasteiger charge is -2.19. The highest BCUT2D eigenvalue weighted by Crippen LogP contribution is 2.22. The van der Waals surface area contributed by atoms with Crippen LogP contribution in [-0.2, 0) is 4.74 Å². The maximum absolute atomic E-state index is 9.96. The fourth-order valence-corrected chi connectivity index (χ4v) is 1.45. The number of aliphatic hydroxyl groups is 1. The Bertz CT molecular complexity index is 299. The summed E-state index contributed by atoms with van der Waals surface area (Å²) < 4.78 is 10.4. The van der Waals surface area contributed by atoms with Crippen LogP contribution in [0.25, 0.3) is 0 Å². The van der Waals surface area contributed by atoms with Crippen LogP contribution < -0.4 is 4.74 Å². The first-order valence-electron chi connectivity index (χ1n) is 5.12. The van der Waals surface area contributed by atoms with Gasteiger partial charge in [0.25, 0.3) is 0 Å². The van der Waals surface area contributed by atoms with Crippen LogP contribution in [0.15, 0.2) is 24.3 Å². The number of hydrogen-bond acceptors (Lipinski definition) is 3. The largest absolute Gasteiger partial charge is 0.497 e. The topological polar surface area (TPSA) is 38.7 Å². The van der Waals surface area contributed by atoms with Crippen molar-refractivity contribution in [2.75, 3.05) is 13.7 Å². The Morgan fingerprint density at radius 2 is 2.13 bits per heavy atom. The summed E-state index contributed by atoms with van der Waals surface area (Å²) in [5, 5.41) is 9.96. The molecule has 3 nitrogen and oxygen atoms in total. The molecular weight excluding hydrogens is 192 g/mol. The van der Waals surface area contributed by atoms with Crippen LogP contribution in [0, 0.1) is 0 Å². The van der Waals surface area contributed by atoms with Gasteiger partial charge in [0, 0.05) is 6.61 Å². The van der Waals surface area contributed by atoms with E-state index in [4.69, 9.17) is 9.47 Å². The lowest BCUT2D eigenvalue weighted by Crippen LogP contribution is -2.18. The average Bonchev–Trinajstić information content (AvgIpc) is 2.28. The Labute approximate surface area is 90.6 Å². The Kier molecular flexibility index (Phi) is 4.59. The van der Waals surface area contributed by atoms with Gasteiger partial charge in [-0.2, -0.15) is 0 Å². The minimum absolute atomic E-state index is 0.206. The number of hydrogen-bond donors (Lipinski definition) is 1. The molecule has 84 valence electrons. The molecule has 0 heterocycles. The number of rotatable bonds is 5. The van der Waals surface area contributed by atoms with E-state index < -0.39 is 6.10 Å². The molecule has 1 aromatic rings. The zero-order valence-corrected chi connectivity index (χ0v) is 9.43. The van der Waals surface area contributed by atoms with Gasteiger partial charge < -0.3 is 14.6 Å². The SMILES string of the molecule is CCOC(C)C(O)c1cccc(OC)c1. The molecule has 0 aliphatic rings. The molecule has 1 aromatic carbocycles. The summed E-state index contributed by atoms with van der Waals surface area (Å²) in [7, 11) is 1.61. The van der Waals surface area contributed by atoms with Crippen LogP contribution in [0.4, 0.5) is 0 Å². The zero-order chi connectivity index (χ0) is 11.3. The molecule has 0 aliphatic heterocycles. The molecule has 0 aliphatic carbocycles. The molecule has 0 fully saturated rings. The predicted octanol–water partition coefficient (Wildman–Crippen LogP) is 2.15. The van der Waals surface area contributed by atoms with Gasteiger partial charge in [-0.1, -0.05) is 12.1 Å². The van der Waals surface area contributed by atoms with Crippen molar-refractivity contribution in [3.8, 4) is 5.75 Å². The maximum atomic E-state index is 9.96. The Balaban J connectivity index is 2.76. The predicted molar refractivity (Wildman–Crippen MR) is 59.0 cm³/mol. The Hall–Kier alpha value is -1.06. The van der Waals surface area contributed by atoms with Gasteiger partial charge in [-0.15, -0.1) is 0 Å². The molecule has 0 saturated heterocycles. The molecular formula is C12H18O3. The molecule has 2 unspecified atom stereocenters. The summed E-state index contributed by atoms with van der Waals surface area (Å²) in [5.41, 5.74) is 0.815. The lowest BCUT2D eigenvalue weighted by molar-refractivity contribution is -0.0228. The van der Waals surface area contributed by atoms with Crippen LogP contribution in [0.5, 0.6) is 5.75 Å². The van der Waals surface area contributed by atoms with Crippen LogP contribution >= 0.6 is 0 Å². The van der Waals surface area contributed by atoms with Crippen molar-refractivity contribution < 1.29 is 14.6 Å². The monoisotopic (exact) mass is 210 g/mol. The zero-order valence-electron chi connectivity index (χ0n) is 9.43. The summed E-state index contributed by atoms with van der Waals surface area (Å²) >= 11 is 0. The van der Waals surface area contributed by atoms with Crippen LogP contribution in [0.1, 0.15) is 25.5 Å². The van der Waals surface area contributed by atoms with Gasteiger partial charge in [-0.25, -0.2) is 0 Å². The van der Waals surface area contributed by atoms with E-state index in [1.165, 1.54) is 0 Å². The highest BCUT2D eigenvalue weighted by atomic mass is 16.5. The Morgan fingerprint density at radius 3 is 2.73 bits per heavy atom. The molecule has 1 N–H and O–H groups in total. The number of methoxy groups -OCH3 is 1. The fraction of sp³-hybridized carbons (Fsp3) is 0.500. The fourth-order valence-electron chi connectivity index (χ4n) is 1.45. The summed E-state index contributed by atoms with van der Waals surface area (Å²) in [6.07, 6.45) is -0.817. The van der Waals surface area contributed by atoms with E-state index >= 15 is 0 Å². The quantitative estimate of drug-likeness (QED) is 0.809. The second-order valence-electron chi connectivity index (χ2n) is 3.38. The third-order valence-electron chi connectivity index (χ3n) is 2.31. The van der Waals surface area contributed by atoms with Gasteiger partial charge in [0.15, 0.2) is 0 Å². The minimum Gasteiger partial charge on any atom is -0.497 e. The first-order chi connectivity index (χ1) is 7.19. The first kappa shape index (κ1) is 12.0. The normalized spacial score (nSPS) is 14.7. The summed E-state index contributed by atoms with van der Waals surface area (Å²) in [6.45, 7) is 4.37. The van der Waals surface area contributed by atoms with Crippen molar-refractivity contribution in [1.29, 1.82) is 0 Å². The van der Waals surface area contributed by atoms with E-state index in [0.29, 0.717) is 6.61 Å². The molecule has 2 atom stereocenters. The molecule has 3 heteroatoms. The average molecular weight is 210 g/mol.